The summed E-state index contributed by atoms with van der Waals surface area (Å²) in [5.41, 5.74) is -0.289. The van der Waals surface area contributed by atoms with Gasteiger partial charge in [0.1, 0.15) is 5.75 Å². The highest BCUT2D eigenvalue weighted by Crippen LogP contribution is 2.27. The number of aromatic nitrogens is 1. The van der Waals surface area contributed by atoms with Crippen molar-refractivity contribution in [2.45, 2.75) is 6.36 Å². The molecular formula is C13H7F4NO3. The van der Waals surface area contributed by atoms with Crippen LogP contribution in [0.5, 0.6) is 5.75 Å². The summed E-state index contributed by atoms with van der Waals surface area (Å²) in [6, 6.07) is 6.21. The van der Waals surface area contributed by atoms with Crippen LogP contribution in [0.2, 0.25) is 0 Å². The van der Waals surface area contributed by atoms with E-state index in [0.29, 0.717) is 0 Å². The molecule has 0 radical (unpaired) electrons. The molecule has 0 spiro atoms. The van der Waals surface area contributed by atoms with Crippen molar-refractivity contribution in [2.75, 3.05) is 0 Å². The van der Waals surface area contributed by atoms with Gasteiger partial charge in [-0.3, -0.25) is 0 Å². The fourth-order valence-corrected chi connectivity index (χ4v) is 1.64. The normalized spacial score (nSPS) is 11.2. The highest BCUT2D eigenvalue weighted by Gasteiger charge is 2.31. The van der Waals surface area contributed by atoms with E-state index in [4.69, 9.17) is 5.11 Å². The summed E-state index contributed by atoms with van der Waals surface area (Å²) in [6.07, 6.45) is -4.83. The van der Waals surface area contributed by atoms with Gasteiger partial charge in [-0.25, -0.2) is 9.78 Å². The van der Waals surface area contributed by atoms with Crippen molar-refractivity contribution in [3.05, 3.63) is 47.9 Å². The standard InChI is InChI=1S/C13H7F4NO3/c14-10-6-5-9(12(19)20)11(18-10)7-1-3-8(4-2-7)21-13(15,16)17/h1-6H,(H,19,20). The Morgan fingerprint density at radius 3 is 2.24 bits per heavy atom. The van der Waals surface area contributed by atoms with Crippen molar-refractivity contribution in [1.82, 2.24) is 4.98 Å². The number of hydrogen-bond acceptors (Lipinski definition) is 3. The summed E-state index contributed by atoms with van der Waals surface area (Å²) in [4.78, 5) is 14.5. The lowest BCUT2D eigenvalue weighted by Gasteiger charge is -2.10. The lowest BCUT2D eigenvalue weighted by atomic mass is 10.1. The zero-order valence-electron chi connectivity index (χ0n) is 10.2. The molecule has 1 aromatic carbocycles. The topological polar surface area (TPSA) is 59.4 Å². The fraction of sp³-hybridized carbons (Fsp3) is 0.0769. The van der Waals surface area contributed by atoms with Crippen LogP contribution in [0.15, 0.2) is 36.4 Å². The van der Waals surface area contributed by atoms with Gasteiger partial charge in [0, 0.05) is 5.56 Å². The zero-order valence-corrected chi connectivity index (χ0v) is 10.2. The van der Waals surface area contributed by atoms with Gasteiger partial charge < -0.3 is 9.84 Å². The highest BCUT2D eigenvalue weighted by atomic mass is 19.4. The molecular weight excluding hydrogens is 294 g/mol. The Hall–Kier alpha value is -2.64. The Balaban J connectivity index is 2.39. The Labute approximate surface area is 115 Å². The molecule has 0 unspecified atom stereocenters. The molecule has 1 heterocycles. The van der Waals surface area contributed by atoms with Crippen LogP contribution in [0.4, 0.5) is 17.6 Å². The number of pyridine rings is 1. The Morgan fingerprint density at radius 2 is 1.71 bits per heavy atom. The third-order valence-electron chi connectivity index (χ3n) is 2.45. The van der Waals surface area contributed by atoms with Crippen molar-refractivity contribution in [1.29, 1.82) is 0 Å². The van der Waals surface area contributed by atoms with Crippen molar-refractivity contribution < 1.29 is 32.2 Å². The van der Waals surface area contributed by atoms with Gasteiger partial charge in [0.25, 0.3) is 0 Å². The SMILES string of the molecule is O=C(O)c1ccc(F)nc1-c1ccc(OC(F)(F)F)cc1. The maximum atomic E-state index is 13.1. The second-order valence-corrected chi connectivity index (χ2v) is 3.91. The number of carbonyl (C=O) groups is 1. The number of carboxylic acid groups (broad SMARTS) is 1. The average molecular weight is 301 g/mol. The molecule has 4 nitrogen and oxygen atoms in total. The zero-order chi connectivity index (χ0) is 15.6. The summed E-state index contributed by atoms with van der Waals surface area (Å²) in [5, 5.41) is 8.99. The minimum absolute atomic E-state index is 0.154. The number of hydrogen-bond donors (Lipinski definition) is 1. The predicted octanol–water partition coefficient (Wildman–Crippen LogP) is 3.48. The first-order valence-corrected chi connectivity index (χ1v) is 5.52. The maximum absolute atomic E-state index is 13.1. The van der Waals surface area contributed by atoms with Crippen LogP contribution >= 0.6 is 0 Å². The molecule has 0 amide bonds. The van der Waals surface area contributed by atoms with Gasteiger partial charge in [-0.1, -0.05) is 0 Å². The summed E-state index contributed by atoms with van der Waals surface area (Å²) in [7, 11) is 0. The van der Waals surface area contributed by atoms with E-state index in [2.05, 4.69) is 9.72 Å². The first-order chi connectivity index (χ1) is 9.76. The first-order valence-electron chi connectivity index (χ1n) is 5.52. The number of ether oxygens (including phenoxy) is 1. The van der Waals surface area contributed by atoms with E-state index >= 15 is 0 Å². The molecule has 2 rings (SSSR count). The number of nitrogens with zero attached hydrogens (tertiary/aromatic N) is 1. The molecule has 1 N–H and O–H groups in total. The van der Waals surface area contributed by atoms with E-state index in [9.17, 15) is 22.4 Å². The van der Waals surface area contributed by atoms with Crippen molar-refractivity contribution in [3.8, 4) is 17.0 Å². The second kappa shape index (κ2) is 5.39. The van der Waals surface area contributed by atoms with Gasteiger partial charge in [-0.05, 0) is 36.4 Å². The van der Waals surface area contributed by atoms with E-state index < -0.39 is 24.0 Å². The lowest BCUT2D eigenvalue weighted by molar-refractivity contribution is -0.274. The quantitative estimate of drug-likeness (QED) is 0.696. The Bertz CT molecular complexity index is 668. The largest absolute Gasteiger partial charge is 0.573 e. The van der Waals surface area contributed by atoms with Crippen molar-refractivity contribution in [3.63, 3.8) is 0 Å². The van der Waals surface area contributed by atoms with Crippen LogP contribution in [0.3, 0.4) is 0 Å². The van der Waals surface area contributed by atoms with Crippen LogP contribution in [0.1, 0.15) is 10.4 Å². The molecule has 0 saturated heterocycles. The first kappa shape index (κ1) is 14.8. The number of rotatable bonds is 3. The molecule has 0 aliphatic carbocycles. The highest BCUT2D eigenvalue weighted by molar-refractivity contribution is 5.94. The molecule has 0 fully saturated rings. The van der Waals surface area contributed by atoms with Gasteiger partial charge in [0.05, 0.1) is 11.3 Å². The van der Waals surface area contributed by atoms with Gasteiger partial charge in [-0.2, -0.15) is 4.39 Å². The smallest absolute Gasteiger partial charge is 0.478 e. The number of carboxylic acids is 1. The minimum atomic E-state index is -4.83. The van der Waals surface area contributed by atoms with E-state index in [1.165, 1.54) is 0 Å². The number of aromatic carboxylic acids is 1. The molecule has 1 aromatic heterocycles. The number of halogens is 4. The third-order valence-corrected chi connectivity index (χ3v) is 2.45. The Kier molecular flexibility index (Phi) is 3.79. The molecule has 0 saturated carbocycles. The lowest BCUT2D eigenvalue weighted by Crippen LogP contribution is -2.17. The Morgan fingerprint density at radius 1 is 1.10 bits per heavy atom. The molecule has 0 aliphatic rings. The minimum Gasteiger partial charge on any atom is -0.478 e. The van der Waals surface area contributed by atoms with Crippen LogP contribution in [-0.4, -0.2) is 22.4 Å². The number of benzene rings is 1. The van der Waals surface area contributed by atoms with Crippen molar-refractivity contribution >= 4 is 5.97 Å². The van der Waals surface area contributed by atoms with Crippen molar-refractivity contribution in [2.24, 2.45) is 0 Å². The fourth-order valence-electron chi connectivity index (χ4n) is 1.64. The molecule has 110 valence electrons. The van der Waals surface area contributed by atoms with E-state index in [-0.39, 0.29) is 16.8 Å². The molecule has 2 aromatic rings. The van der Waals surface area contributed by atoms with Gasteiger partial charge in [-0.15, -0.1) is 13.2 Å². The molecule has 21 heavy (non-hydrogen) atoms. The molecule has 0 bridgehead atoms. The van der Waals surface area contributed by atoms with Crippen LogP contribution in [0, 0.1) is 5.95 Å². The molecule has 0 atom stereocenters. The molecule has 8 heteroatoms. The van der Waals surface area contributed by atoms with Crippen LogP contribution < -0.4 is 4.74 Å². The van der Waals surface area contributed by atoms with Crippen LogP contribution in [-0.2, 0) is 0 Å². The summed E-state index contributed by atoms with van der Waals surface area (Å²) < 4.78 is 52.9. The van der Waals surface area contributed by atoms with Gasteiger partial charge in [0.2, 0.25) is 5.95 Å². The summed E-state index contributed by atoms with van der Waals surface area (Å²) >= 11 is 0. The van der Waals surface area contributed by atoms with E-state index in [0.717, 1.165) is 36.4 Å². The third kappa shape index (κ3) is 3.68. The van der Waals surface area contributed by atoms with Gasteiger partial charge in [0.15, 0.2) is 0 Å². The molecule has 0 aliphatic heterocycles. The van der Waals surface area contributed by atoms with Crippen LogP contribution in [0.25, 0.3) is 11.3 Å². The number of alkyl halides is 3. The summed E-state index contributed by atoms with van der Waals surface area (Å²) in [6.45, 7) is 0. The summed E-state index contributed by atoms with van der Waals surface area (Å²) in [5.74, 6) is -2.70. The maximum Gasteiger partial charge on any atom is 0.573 e. The van der Waals surface area contributed by atoms with E-state index in [1.807, 2.05) is 0 Å². The van der Waals surface area contributed by atoms with Gasteiger partial charge >= 0.3 is 12.3 Å². The average Bonchev–Trinajstić information content (AvgIpc) is 2.37. The second-order valence-electron chi connectivity index (χ2n) is 3.91. The predicted molar refractivity (Wildman–Crippen MR) is 63.3 cm³/mol. The van der Waals surface area contributed by atoms with E-state index in [1.54, 1.807) is 0 Å². The monoisotopic (exact) mass is 301 g/mol.